The van der Waals surface area contributed by atoms with Gasteiger partial charge in [0.25, 0.3) is 5.89 Å². The van der Waals surface area contributed by atoms with Crippen LogP contribution in [0, 0.1) is 0 Å². The second-order valence-corrected chi connectivity index (χ2v) is 4.14. The van der Waals surface area contributed by atoms with Gasteiger partial charge in [-0.15, -0.1) is 0 Å². The summed E-state index contributed by atoms with van der Waals surface area (Å²) in [5, 5.41) is 10.5. The highest BCUT2D eigenvalue weighted by Crippen LogP contribution is 2.33. The zero-order valence-electron chi connectivity index (χ0n) is 8.81. The molecule has 6 heteroatoms. The van der Waals surface area contributed by atoms with E-state index in [-0.39, 0.29) is 0 Å². The number of nitrogens with zero attached hydrogens (tertiary/aromatic N) is 3. The molecule has 0 amide bonds. The number of rotatable bonds is 2. The quantitative estimate of drug-likeness (QED) is 0.801. The summed E-state index contributed by atoms with van der Waals surface area (Å²) in [7, 11) is 0. The highest BCUT2D eigenvalue weighted by atomic mass is 16.5. The van der Waals surface area contributed by atoms with Crippen molar-refractivity contribution in [1.29, 1.82) is 0 Å². The van der Waals surface area contributed by atoms with Crippen LogP contribution in [0.5, 0.6) is 0 Å². The van der Waals surface area contributed by atoms with Crippen molar-refractivity contribution in [3.63, 3.8) is 0 Å². The molecule has 1 saturated carbocycles. The van der Waals surface area contributed by atoms with Crippen LogP contribution in [0.25, 0.3) is 11.5 Å². The van der Waals surface area contributed by atoms with Gasteiger partial charge >= 0.3 is 0 Å². The highest BCUT2D eigenvalue weighted by Gasteiger charge is 2.23. The Kier molecular flexibility index (Phi) is 2.12. The minimum atomic E-state index is 0.450. The molecule has 2 aromatic rings. The summed E-state index contributed by atoms with van der Waals surface area (Å²) in [6, 6.07) is 0. The first-order valence-electron chi connectivity index (χ1n) is 5.47. The summed E-state index contributed by atoms with van der Waals surface area (Å²) < 4.78 is 5.20. The molecule has 0 unspecified atom stereocenters. The van der Waals surface area contributed by atoms with Crippen LogP contribution in [0.3, 0.4) is 0 Å². The summed E-state index contributed by atoms with van der Waals surface area (Å²) in [4.78, 5) is 4.38. The Morgan fingerprint density at radius 3 is 2.88 bits per heavy atom. The van der Waals surface area contributed by atoms with Gasteiger partial charge in [-0.25, -0.2) is 0 Å². The van der Waals surface area contributed by atoms with E-state index in [1.165, 1.54) is 12.8 Å². The second kappa shape index (κ2) is 3.62. The van der Waals surface area contributed by atoms with E-state index in [2.05, 4.69) is 20.3 Å². The van der Waals surface area contributed by atoms with Gasteiger partial charge in [-0.1, -0.05) is 18.0 Å². The molecule has 0 aliphatic heterocycles. The third-order valence-corrected chi connectivity index (χ3v) is 3.06. The number of nitrogen functional groups attached to an aromatic ring is 1. The second-order valence-electron chi connectivity index (χ2n) is 4.14. The van der Waals surface area contributed by atoms with Crippen molar-refractivity contribution in [2.45, 2.75) is 31.6 Å². The lowest BCUT2D eigenvalue weighted by atomic mass is 10.1. The highest BCUT2D eigenvalue weighted by molar-refractivity contribution is 5.65. The molecule has 0 radical (unpaired) electrons. The van der Waals surface area contributed by atoms with Crippen LogP contribution < -0.4 is 5.73 Å². The van der Waals surface area contributed by atoms with Crippen LogP contribution in [0.4, 0.5) is 5.82 Å². The van der Waals surface area contributed by atoms with Crippen LogP contribution in [-0.4, -0.2) is 20.3 Å². The monoisotopic (exact) mass is 219 g/mol. The van der Waals surface area contributed by atoms with Crippen molar-refractivity contribution < 1.29 is 4.52 Å². The molecular weight excluding hydrogens is 206 g/mol. The first-order chi connectivity index (χ1) is 7.84. The van der Waals surface area contributed by atoms with Crippen LogP contribution >= 0.6 is 0 Å². The van der Waals surface area contributed by atoms with Crippen LogP contribution in [0.15, 0.2) is 10.7 Å². The summed E-state index contributed by atoms with van der Waals surface area (Å²) in [5.41, 5.74) is 6.37. The zero-order valence-corrected chi connectivity index (χ0v) is 8.81. The van der Waals surface area contributed by atoms with Crippen molar-refractivity contribution in [3.8, 4) is 11.5 Å². The van der Waals surface area contributed by atoms with E-state index in [0.29, 0.717) is 23.2 Å². The Morgan fingerprint density at radius 2 is 2.19 bits per heavy atom. The average Bonchev–Trinajstić information content (AvgIpc) is 2.96. The molecule has 16 heavy (non-hydrogen) atoms. The molecule has 0 bridgehead atoms. The minimum Gasteiger partial charge on any atom is -0.383 e. The molecule has 84 valence electrons. The third kappa shape index (κ3) is 1.46. The number of nitrogens with one attached hydrogen (secondary N) is 1. The molecule has 0 aromatic carbocycles. The Labute approximate surface area is 92.2 Å². The van der Waals surface area contributed by atoms with Gasteiger partial charge in [-0.05, 0) is 12.8 Å². The van der Waals surface area contributed by atoms with Gasteiger partial charge in [0, 0.05) is 5.92 Å². The molecule has 0 atom stereocenters. The standard InChI is InChI=1S/C10H13N5O/c11-8-7(5-12-14-8)10-13-9(15-16-10)6-3-1-2-4-6/h5-6H,1-4H2,(H3,11,12,14). The summed E-state index contributed by atoms with van der Waals surface area (Å²) in [6.45, 7) is 0. The molecule has 1 aliphatic carbocycles. The summed E-state index contributed by atoms with van der Waals surface area (Å²) >= 11 is 0. The molecule has 2 aromatic heterocycles. The third-order valence-electron chi connectivity index (χ3n) is 3.06. The van der Waals surface area contributed by atoms with Gasteiger partial charge in [-0.2, -0.15) is 10.1 Å². The fourth-order valence-electron chi connectivity index (χ4n) is 2.16. The predicted octanol–water partition coefficient (Wildman–Crippen LogP) is 1.70. The predicted molar refractivity (Wildman–Crippen MR) is 57.5 cm³/mol. The Morgan fingerprint density at radius 1 is 1.38 bits per heavy atom. The van der Waals surface area contributed by atoms with Crippen molar-refractivity contribution in [2.24, 2.45) is 0 Å². The number of hydrogen-bond acceptors (Lipinski definition) is 5. The van der Waals surface area contributed by atoms with Gasteiger partial charge in [0.2, 0.25) is 0 Å². The lowest BCUT2D eigenvalue weighted by Gasteiger charge is -1.99. The molecular formula is C10H13N5O. The fourth-order valence-corrected chi connectivity index (χ4v) is 2.16. The number of anilines is 1. The number of aromatic nitrogens is 4. The van der Waals surface area contributed by atoms with Gasteiger partial charge in [0.15, 0.2) is 5.82 Å². The van der Waals surface area contributed by atoms with E-state index < -0.39 is 0 Å². The van der Waals surface area contributed by atoms with E-state index >= 15 is 0 Å². The first-order valence-corrected chi connectivity index (χ1v) is 5.47. The summed E-state index contributed by atoms with van der Waals surface area (Å²) in [6.07, 6.45) is 6.41. The molecule has 0 spiro atoms. The molecule has 3 N–H and O–H groups in total. The normalized spacial score (nSPS) is 17.0. The van der Waals surface area contributed by atoms with Gasteiger partial charge < -0.3 is 10.3 Å². The summed E-state index contributed by atoms with van der Waals surface area (Å²) in [5.74, 6) is 2.16. The first kappa shape index (κ1) is 9.38. The molecule has 2 heterocycles. The van der Waals surface area contributed by atoms with Crippen LogP contribution in [0.1, 0.15) is 37.4 Å². The van der Waals surface area contributed by atoms with Crippen molar-refractivity contribution in [2.75, 3.05) is 5.73 Å². The van der Waals surface area contributed by atoms with E-state index in [4.69, 9.17) is 10.3 Å². The smallest absolute Gasteiger partial charge is 0.263 e. The Bertz CT molecular complexity index is 483. The maximum Gasteiger partial charge on any atom is 0.263 e. The van der Waals surface area contributed by atoms with Gasteiger partial charge in [0.1, 0.15) is 11.4 Å². The van der Waals surface area contributed by atoms with E-state index in [9.17, 15) is 0 Å². The number of H-pyrrole nitrogens is 1. The fraction of sp³-hybridized carbons (Fsp3) is 0.500. The minimum absolute atomic E-state index is 0.450. The molecule has 0 saturated heterocycles. The topological polar surface area (TPSA) is 93.6 Å². The number of hydrogen-bond donors (Lipinski definition) is 2. The van der Waals surface area contributed by atoms with E-state index in [0.717, 1.165) is 18.7 Å². The largest absolute Gasteiger partial charge is 0.383 e. The number of aromatic amines is 1. The lowest BCUT2D eigenvalue weighted by Crippen LogP contribution is -1.94. The maximum absolute atomic E-state index is 5.69. The molecule has 1 aliphatic rings. The number of nitrogens with two attached hydrogens (primary N) is 1. The lowest BCUT2D eigenvalue weighted by molar-refractivity contribution is 0.416. The van der Waals surface area contributed by atoms with Crippen molar-refractivity contribution in [3.05, 3.63) is 12.0 Å². The maximum atomic E-state index is 5.69. The van der Waals surface area contributed by atoms with E-state index in [1.54, 1.807) is 6.20 Å². The van der Waals surface area contributed by atoms with Gasteiger partial charge in [-0.3, -0.25) is 5.10 Å². The Hall–Kier alpha value is -1.85. The van der Waals surface area contributed by atoms with Gasteiger partial charge in [0.05, 0.1) is 6.20 Å². The van der Waals surface area contributed by atoms with E-state index in [1.807, 2.05) is 0 Å². The molecule has 1 fully saturated rings. The van der Waals surface area contributed by atoms with Crippen molar-refractivity contribution >= 4 is 5.82 Å². The van der Waals surface area contributed by atoms with Crippen molar-refractivity contribution in [1.82, 2.24) is 20.3 Å². The van der Waals surface area contributed by atoms with Crippen LogP contribution in [0.2, 0.25) is 0 Å². The molecule has 3 rings (SSSR count). The average molecular weight is 219 g/mol. The zero-order chi connectivity index (χ0) is 11.0. The Balaban J connectivity index is 1.90. The molecule has 6 nitrogen and oxygen atoms in total. The van der Waals surface area contributed by atoms with Crippen LogP contribution in [-0.2, 0) is 0 Å². The SMILES string of the molecule is Nc1[nH]ncc1-c1nc(C2CCCC2)no1.